The lowest BCUT2D eigenvalue weighted by atomic mass is 10.1. The molecule has 4 nitrogen and oxygen atoms in total. The van der Waals surface area contributed by atoms with Gasteiger partial charge in [0.15, 0.2) is 0 Å². The summed E-state index contributed by atoms with van der Waals surface area (Å²) < 4.78 is 11.6. The van der Waals surface area contributed by atoms with Gasteiger partial charge in [-0.05, 0) is 26.8 Å². The van der Waals surface area contributed by atoms with E-state index in [1.165, 1.54) is 0 Å². The minimum atomic E-state index is -0.119. The van der Waals surface area contributed by atoms with Crippen LogP contribution in [0, 0.1) is 6.92 Å². The largest absolute Gasteiger partial charge is 0.475 e. The Balaban J connectivity index is 1.86. The van der Waals surface area contributed by atoms with E-state index in [-0.39, 0.29) is 11.7 Å². The van der Waals surface area contributed by atoms with Crippen LogP contribution in [-0.4, -0.2) is 36.4 Å². The molecule has 4 heteroatoms. The summed E-state index contributed by atoms with van der Waals surface area (Å²) in [4.78, 5) is 4.30. The van der Waals surface area contributed by atoms with E-state index in [0.29, 0.717) is 12.5 Å². The summed E-state index contributed by atoms with van der Waals surface area (Å²) in [7, 11) is 0. The number of pyridine rings is 1. The highest BCUT2D eigenvalue weighted by Gasteiger charge is 2.28. The van der Waals surface area contributed by atoms with E-state index in [4.69, 9.17) is 9.47 Å². The van der Waals surface area contributed by atoms with Gasteiger partial charge in [-0.3, -0.25) is 0 Å². The van der Waals surface area contributed by atoms with Crippen LogP contribution in [0.5, 0.6) is 5.88 Å². The van der Waals surface area contributed by atoms with Crippen LogP contribution in [0.15, 0.2) is 18.2 Å². The van der Waals surface area contributed by atoms with Gasteiger partial charge in [0.05, 0.1) is 5.60 Å². The van der Waals surface area contributed by atoms with Crippen LogP contribution in [0.4, 0.5) is 0 Å². The molecule has 2 rings (SSSR count). The lowest BCUT2D eigenvalue weighted by molar-refractivity contribution is -0.107. The van der Waals surface area contributed by atoms with Gasteiger partial charge < -0.3 is 14.8 Å². The molecule has 0 saturated carbocycles. The molecule has 2 heterocycles. The molecule has 17 heavy (non-hydrogen) atoms. The minimum Gasteiger partial charge on any atom is -0.475 e. The van der Waals surface area contributed by atoms with Crippen molar-refractivity contribution in [2.24, 2.45) is 0 Å². The molecule has 0 aromatic carbocycles. The Morgan fingerprint density at radius 2 is 2.35 bits per heavy atom. The molecule has 1 saturated heterocycles. The third kappa shape index (κ3) is 3.68. The average Bonchev–Trinajstić information content (AvgIpc) is 2.25. The molecular formula is C13H20N2O2. The summed E-state index contributed by atoms with van der Waals surface area (Å²) in [5.74, 6) is 0.664. The maximum Gasteiger partial charge on any atom is 0.213 e. The molecule has 0 aliphatic carbocycles. The van der Waals surface area contributed by atoms with Gasteiger partial charge in [0.1, 0.15) is 12.7 Å². The third-order valence-electron chi connectivity index (χ3n) is 2.69. The molecule has 0 amide bonds. The Hall–Kier alpha value is -1.13. The van der Waals surface area contributed by atoms with Gasteiger partial charge in [-0.2, -0.15) is 0 Å². The van der Waals surface area contributed by atoms with Crippen molar-refractivity contribution in [2.75, 3.05) is 19.7 Å². The molecule has 1 atom stereocenters. The van der Waals surface area contributed by atoms with Crippen molar-refractivity contribution in [3.05, 3.63) is 23.9 Å². The molecule has 0 bridgehead atoms. The lowest BCUT2D eigenvalue weighted by Crippen LogP contribution is -2.52. The monoisotopic (exact) mass is 236 g/mol. The minimum absolute atomic E-state index is 0.0843. The summed E-state index contributed by atoms with van der Waals surface area (Å²) in [6.07, 6.45) is 0.0843. The van der Waals surface area contributed by atoms with Crippen molar-refractivity contribution in [2.45, 2.75) is 32.5 Å². The summed E-state index contributed by atoms with van der Waals surface area (Å²) in [5.41, 5.74) is 0.845. The zero-order valence-corrected chi connectivity index (χ0v) is 10.7. The SMILES string of the molecule is Cc1cccc(OCC2CNCC(C)(C)O2)n1. The van der Waals surface area contributed by atoms with Gasteiger partial charge in [0.25, 0.3) is 0 Å². The number of nitrogens with zero attached hydrogens (tertiary/aromatic N) is 1. The van der Waals surface area contributed by atoms with Crippen LogP contribution in [0.2, 0.25) is 0 Å². The Morgan fingerprint density at radius 3 is 3.06 bits per heavy atom. The highest BCUT2D eigenvalue weighted by atomic mass is 16.6. The van der Waals surface area contributed by atoms with Gasteiger partial charge in [-0.15, -0.1) is 0 Å². The number of nitrogens with one attached hydrogen (secondary N) is 1. The first-order valence-electron chi connectivity index (χ1n) is 6.00. The second-order valence-electron chi connectivity index (χ2n) is 5.06. The number of aromatic nitrogens is 1. The van der Waals surface area contributed by atoms with E-state index in [2.05, 4.69) is 24.1 Å². The first-order chi connectivity index (χ1) is 8.05. The lowest BCUT2D eigenvalue weighted by Gasteiger charge is -2.36. The maximum absolute atomic E-state index is 5.91. The van der Waals surface area contributed by atoms with Crippen LogP contribution in [0.25, 0.3) is 0 Å². The fraction of sp³-hybridized carbons (Fsp3) is 0.615. The molecule has 1 unspecified atom stereocenters. The summed E-state index contributed by atoms with van der Waals surface area (Å²) in [6.45, 7) is 8.36. The Morgan fingerprint density at radius 1 is 1.53 bits per heavy atom. The van der Waals surface area contributed by atoms with E-state index in [1.54, 1.807) is 0 Å². The normalized spacial score (nSPS) is 23.4. The molecule has 1 aromatic heterocycles. The number of hydrogen-bond acceptors (Lipinski definition) is 4. The van der Waals surface area contributed by atoms with E-state index in [9.17, 15) is 0 Å². The molecule has 94 valence electrons. The van der Waals surface area contributed by atoms with Crippen molar-refractivity contribution in [3.63, 3.8) is 0 Å². The predicted octanol–water partition coefficient (Wildman–Crippen LogP) is 1.54. The Kier molecular flexibility index (Phi) is 3.64. The standard InChI is InChI=1S/C13H20N2O2/c1-10-5-4-6-12(15-10)16-8-11-7-14-9-13(2,3)17-11/h4-6,11,14H,7-9H2,1-3H3. The quantitative estimate of drug-likeness (QED) is 0.864. The van der Waals surface area contributed by atoms with Crippen molar-refractivity contribution < 1.29 is 9.47 Å². The summed E-state index contributed by atoms with van der Waals surface area (Å²) in [6, 6.07) is 5.77. The van der Waals surface area contributed by atoms with E-state index in [1.807, 2.05) is 25.1 Å². The highest BCUT2D eigenvalue weighted by molar-refractivity contribution is 5.14. The second kappa shape index (κ2) is 5.02. The molecular weight excluding hydrogens is 216 g/mol. The predicted molar refractivity (Wildman–Crippen MR) is 66.3 cm³/mol. The number of morpholine rings is 1. The number of ether oxygens (including phenoxy) is 2. The molecule has 0 radical (unpaired) electrons. The van der Waals surface area contributed by atoms with Crippen LogP contribution in [0.1, 0.15) is 19.5 Å². The van der Waals surface area contributed by atoms with Crippen LogP contribution >= 0.6 is 0 Å². The van der Waals surface area contributed by atoms with Gasteiger partial charge in [-0.1, -0.05) is 6.07 Å². The molecule has 0 spiro atoms. The number of rotatable bonds is 3. The average molecular weight is 236 g/mol. The van der Waals surface area contributed by atoms with E-state index >= 15 is 0 Å². The van der Waals surface area contributed by atoms with Crippen molar-refractivity contribution in [1.29, 1.82) is 0 Å². The van der Waals surface area contributed by atoms with Crippen LogP contribution in [0.3, 0.4) is 0 Å². The zero-order valence-electron chi connectivity index (χ0n) is 10.7. The number of hydrogen-bond donors (Lipinski definition) is 1. The van der Waals surface area contributed by atoms with E-state index < -0.39 is 0 Å². The summed E-state index contributed by atoms with van der Waals surface area (Å²) in [5, 5.41) is 3.35. The van der Waals surface area contributed by atoms with Gasteiger partial charge in [-0.25, -0.2) is 4.98 Å². The maximum atomic E-state index is 5.91. The van der Waals surface area contributed by atoms with Crippen molar-refractivity contribution >= 4 is 0 Å². The first-order valence-corrected chi connectivity index (χ1v) is 6.00. The summed E-state index contributed by atoms with van der Waals surface area (Å²) >= 11 is 0. The Bertz CT molecular complexity index is 379. The molecule has 1 fully saturated rings. The second-order valence-corrected chi connectivity index (χ2v) is 5.06. The zero-order chi connectivity index (χ0) is 12.3. The van der Waals surface area contributed by atoms with E-state index in [0.717, 1.165) is 18.8 Å². The molecule has 1 aliphatic rings. The first kappa shape index (κ1) is 12.3. The number of aryl methyl sites for hydroxylation is 1. The van der Waals surface area contributed by atoms with Gasteiger partial charge >= 0.3 is 0 Å². The van der Waals surface area contributed by atoms with Gasteiger partial charge in [0.2, 0.25) is 5.88 Å². The molecule has 1 N–H and O–H groups in total. The molecule has 1 aliphatic heterocycles. The third-order valence-corrected chi connectivity index (χ3v) is 2.69. The van der Waals surface area contributed by atoms with Crippen molar-refractivity contribution in [1.82, 2.24) is 10.3 Å². The van der Waals surface area contributed by atoms with Gasteiger partial charge in [0, 0.05) is 24.8 Å². The fourth-order valence-electron chi connectivity index (χ4n) is 1.94. The van der Waals surface area contributed by atoms with Crippen molar-refractivity contribution in [3.8, 4) is 5.88 Å². The van der Waals surface area contributed by atoms with Crippen LogP contribution in [-0.2, 0) is 4.74 Å². The highest BCUT2D eigenvalue weighted by Crippen LogP contribution is 2.16. The van der Waals surface area contributed by atoms with Crippen LogP contribution < -0.4 is 10.1 Å². The fourth-order valence-corrected chi connectivity index (χ4v) is 1.94. The smallest absolute Gasteiger partial charge is 0.213 e. The molecule has 1 aromatic rings. The Labute approximate surface area is 102 Å². The topological polar surface area (TPSA) is 43.4 Å².